The number of hydrogen-bond acceptors (Lipinski definition) is 1. The van der Waals surface area contributed by atoms with Crippen LogP contribution in [0.15, 0.2) is 249 Å². The maximum atomic E-state index is 2.51. The zero-order valence-electron chi connectivity index (χ0n) is 36.1. The van der Waals surface area contributed by atoms with Crippen molar-refractivity contribution in [1.29, 1.82) is 0 Å². The number of fused-ring (bicyclic) bond motifs is 3. The third-order valence-electron chi connectivity index (χ3n) is 13.1. The lowest BCUT2D eigenvalue weighted by Crippen LogP contribution is -2.16. The number of nitrogens with zero attached hydrogens (tertiary/aromatic N) is 1. The summed E-state index contributed by atoms with van der Waals surface area (Å²) < 4.78 is 0. The van der Waals surface area contributed by atoms with E-state index in [0.717, 1.165) is 28.2 Å². The Bertz CT molecular complexity index is 3270. The Labute approximate surface area is 377 Å². The molecule has 11 rings (SSSR count). The van der Waals surface area contributed by atoms with Crippen LogP contribution in [0.3, 0.4) is 0 Å². The molecule has 0 amide bonds. The second kappa shape index (κ2) is 16.4. The molecule has 0 aliphatic heterocycles. The predicted molar refractivity (Wildman–Crippen MR) is 271 cm³/mol. The number of hydrogen-bond donors (Lipinski definition) is 0. The maximum absolute atomic E-state index is 2.51. The van der Waals surface area contributed by atoms with Crippen LogP contribution in [0.1, 0.15) is 25.0 Å². The van der Waals surface area contributed by atoms with E-state index in [2.05, 4.69) is 267 Å². The molecule has 0 atom stereocenters. The summed E-state index contributed by atoms with van der Waals surface area (Å²) in [7, 11) is 0. The molecule has 64 heavy (non-hydrogen) atoms. The molecular weight excluding hydrogens is 771 g/mol. The molecule has 1 aliphatic rings. The van der Waals surface area contributed by atoms with E-state index in [9.17, 15) is 0 Å². The molecule has 1 nitrogen and oxygen atoms in total. The van der Waals surface area contributed by atoms with Gasteiger partial charge in [-0.05, 0) is 102 Å². The fraction of sp³-hybridized carbons (Fsp3) is 0.0476. The minimum atomic E-state index is -0.158. The number of benzene rings is 10. The number of para-hydroxylation sites is 1. The number of anilines is 3. The van der Waals surface area contributed by atoms with Crippen molar-refractivity contribution in [2.75, 3.05) is 4.90 Å². The average molecular weight is 818 g/mol. The van der Waals surface area contributed by atoms with Crippen LogP contribution in [-0.4, -0.2) is 0 Å². The molecule has 0 saturated carbocycles. The molecule has 0 saturated heterocycles. The molecule has 0 aromatic heterocycles. The van der Waals surface area contributed by atoms with Gasteiger partial charge in [0.05, 0.1) is 11.4 Å². The largest absolute Gasteiger partial charge is 0.309 e. The zero-order chi connectivity index (χ0) is 43.0. The van der Waals surface area contributed by atoms with Crippen LogP contribution in [0.4, 0.5) is 17.1 Å². The molecule has 0 unspecified atom stereocenters. The van der Waals surface area contributed by atoms with E-state index in [1.54, 1.807) is 0 Å². The Hall–Kier alpha value is -8.00. The normalized spacial score (nSPS) is 12.3. The molecule has 0 N–H and O–H groups in total. The SMILES string of the molecule is CC1(C)c2ccccc2-c2cccc(-c3cccc(N(c4ccccc4-c4ccc(-c5ccccc5)cc4)c4cccc(-c5ccccc5)c4-c4ccccc4-c4ccccc4)c3)c21. The van der Waals surface area contributed by atoms with Gasteiger partial charge in [0.2, 0.25) is 0 Å². The van der Waals surface area contributed by atoms with Crippen LogP contribution in [0, 0.1) is 0 Å². The molecule has 0 radical (unpaired) electrons. The van der Waals surface area contributed by atoms with Gasteiger partial charge in [0.15, 0.2) is 0 Å². The highest BCUT2D eigenvalue weighted by Crippen LogP contribution is 2.54. The van der Waals surface area contributed by atoms with Crippen molar-refractivity contribution in [3.05, 3.63) is 260 Å². The lowest BCUT2D eigenvalue weighted by Gasteiger charge is -2.32. The Morgan fingerprint density at radius 2 is 0.719 bits per heavy atom. The van der Waals surface area contributed by atoms with E-state index in [0.29, 0.717) is 0 Å². The van der Waals surface area contributed by atoms with Gasteiger partial charge < -0.3 is 4.90 Å². The van der Waals surface area contributed by atoms with E-state index >= 15 is 0 Å². The smallest absolute Gasteiger partial charge is 0.0546 e. The zero-order valence-corrected chi connectivity index (χ0v) is 36.1. The lowest BCUT2D eigenvalue weighted by molar-refractivity contribution is 0.662. The summed E-state index contributed by atoms with van der Waals surface area (Å²) >= 11 is 0. The van der Waals surface area contributed by atoms with Crippen LogP contribution in [-0.2, 0) is 5.41 Å². The van der Waals surface area contributed by atoms with Gasteiger partial charge in [-0.2, -0.15) is 0 Å². The van der Waals surface area contributed by atoms with E-state index in [1.807, 2.05) is 0 Å². The first-order valence-corrected chi connectivity index (χ1v) is 22.3. The molecule has 1 aliphatic carbocycles. The predicted octanol–water partition coefficient (Wildman–Crippen LogP) is 17.5. The van der Waals surface area contributed by atoms with E-state index in [1.165, 1.54) is 77.9 Å². The summed E-state index contributed by atoms with van der Waals surface area (Å²) in [6.07, 6.45) is 0. The van der Waals surface area contributed by atoms with Gasteiger partial charge in [-0.25, -0.2) is 0 Å². The highest BCUT2D eigenvalue weighted by atomic mass is 15.1. The number of rotatable bonds is 9. The standard InChI is InChI=1S/C63H47N/c1-63(2)58-36-16-14-31-55(58)57-35-19-34-54(62(57)63)49-27-18-28-50(43-49)64(59-37-17-15-30-52(59)48-41-39-45(40-42-48)44-21-6-3-7-22-44)60-38-20-33-53(47-25-10-5-11-26-47)61(60)56-32-13-12-29-51(56)46-23-8-4-9-24-46/h3-43H,1-2H3. The molecule has 10 aromatic carbocycles. The van der Waals surface area contributed by atoms with Gasteiger partial charge in [-0.3, -0.25) is 0 Å². The fourth-order valence-corrected chi connectivity index (χ4v) is 10.1. The molecular formula is C63H47N. The summed E-state index contributed by atoms with van der Waals surface area (Å²) in [5.74, 6) is 0. The second-order valence-electron chi connectivity index (χ2n) is 17.2. The minimum absolute atomic E-state index is 0.158. The first-order chi connectivity index (χ1) is 31.5. The Balaban J connectivity index is 1.17. The molecule has 1 heteroatoms. The molecule has 0 heterocycles. The van der Waals surface area contributed by atoms with Crippen molar-refractivity contribution in [1.82, 2.24) is 0 Å². The van der Waals surface area contributed by atoms with Crippen LogP contribution >= 0.6 is 0 Å². The molecule has 304 valence electrons. The van der Waals surface area contributed by atoms with Gasteiger partial charge in [0, 0.05) is 22.2 Å². The highest BCUT2D eigenvalue weighted by Gasteiger charge is 2.37. The fourth-order valence-electron chi connectivity index (χ4n) is 10.1. The second-order valence-corrected chi connectivity index (χ2v) is 17.2. The average Bonchev–Trinajstić information content (AvgIpc) is 3.61. The van der Waals surface area contributed by atoms with Crippen molar-refractivity contribution in [3.8, 4) is 77.9 Å². The summed E-state index contributed by atoms with van der Waals surface area (Å²) in [4.78, 5) is 2.51. The molecule has 10 aromatic rings. The lowest BCUT2D eigenvalue weighted by atomic mass is 9.79. The van der Waals surface area contributed by atoms with Gasteiger partial charge in [0.1, 0.15) is 0 Å². The topological polar surface area (TPSA) is 3.24 Å². The van der Waals surface area contributed by atoms with Gasteiger partial charge in [-0.1, -0.05) is 238 Å². The minimum Gasteiger partial charge on any atom is -0.309 e. The van der Waals surface area contributed by atoms with Crippen molar-refractivity contribution in [2.24, 2.45) is 0 Å². The van der Waals surface area contributed by atoms with E-state index in [-0.39, 0.29) is 5.41 Å². The van der Waals surface area contributed by atoms with E-state index < -0.39 is 0 Å². The van der Waals surface area contributed by atoms with Gasteiger partial charge >= 0.3 is 0 Å². The summed E-state index contributed by atoms with van der Waals surface area (Å²) in [6, 6.07) is 90.9. The van der Waals surface area contributed by atoms with Crippen LogP contribution in [0.2, 0.25) is 0 Å². The van der Waals surface area contributed by atoms with Crippen LogP contribution in [0.5, 0.6) is 0 Å². The van der Waals surface area contributed by atoms with Gasteiger partial charge in [-0.15, -0.1) is 0 Å². The first-order valence-electron chi connectivity index (χ1n) is 22.3. The van der Waals surface area contributed by atoms with Crippen LogP contribution in [0.25, 0.3) is 77.9 Å². The summed E-state index contributed by atoms with van der Waals surface area (Å²) in [5, 5.41) is 0. The van der Waals surface area contributed by atoms with Crippen LogP contribution < -0.4 is 4.90 Å². The molecule has 0 fully saturated rings. The monoisotopic (exact) mass is 817 g/mol. The summed E-state index contributed by atoms with van der Waals surface area (Å²) in [6.45, 7) is 4.75. The Morgan fingerprint density at radius 1 is 0.281 bits per heavy atom. The van der Waals surface area contributed by atoms with Crippen molar-refractivity contribution in [2.45, 2.75) is 19.3 Å². The Kier molecular flexibility index (Phi) is 9.94. The van der Waals surface area contributed by atoms with E-state index in [4.69, 9.17) is 0 Å². The Morgan fingerprint density at radius 3 is 1.44 bits per heavy atom. The third-order valence-corrected chi connectivity index (χ3v) is 13.1. The summed E-state index contributed by atoms with van der Waals surface area (Å²) in [5.41, 5.74) is 22.7. The van der Waals surface area contributed by atoms with Crippen molar-refractivity contribution in [3.63, 3.8) is 0 Å². The van der Waals surface area contributed by atoms with Gasteiger partial charge in [0.25, 0.3) is 0 Å². The maximum Gasteiger partial charge on any atom is 0.0546 e. The third kappa shape index (κ3) is 6.83. The van der Waals surface area contributed by atoms with Crippen molar-refractivity contribution >= 4 is 17.1 Å². The molecule has 0 bridgehead atoms. The molecule has 0 spiro atoms. The van der Waals surface area contributed by atoms with Crippen molar-refractivity contribution < 1.29 is 0 Å². The quantitative estimate of drug-likeness (QED) is 0.140. The first kappa shape index (κ1) is 38.9. The highest BCUT2D eigenvalue weighted by molar-refractivity contribution is 6.03.